The van der Waals surface area contributed by atoms with Crippen molar-refractivity contribution >= 4 is 12.5 Å². The van der Waals surface area contributed by atoms with Crippen molar-refractivity contribution in [3.05, 3.63) is 22.8 Å². The van der Waals surface area contributed by atoms with Gasteiger partial charge in [-0.15, -0.1) is 0 Å². The average molecular weight is 488 g/mol. The van der Waals surface area contributed by atoms with Gasteiger partial charge >= 0.3 is 0 Å². The fourth-order valence-electron chi connectivity index (χ4n) is 4.39. The number of hydrogen-bond acceptors (Lipinski definition) is 6. The minimum absolute atomic E-state index is 0.243. The summed E-state index contributed by atoms with van der Waals surface area (Å²) in [5, 5.41) is 34.7. The zero-order chi connectivity index (χ0) is 27.0. The van der Waals surface area contributed by atoms with Gasteiger partial charge in [-0.1, -0.05) is 19.3 Å². The van der Waals surface area contributed by atoms with Crippen molar-refractivity contribution in [2.24, 2.45) is 15.8 Å². The standard InChI is InChI=1S/C17H24N4.C11H13N3O/c1-20-14-11-17(9-5-12-18,10-6-13-19)15-21-16-7-3-2-4-8-16;1-14-9-6-11(10-15,4-2-7-12)5-3-8-13/h15-16H,2-11,14H2;10H,2-6,9H2. The van der Waals surface area contributed by atoms with Crippen LogP contribution in [0.2, 0.25) is 0 Å². The molecule has 190 valence electrons. The summed E-state index contributed by atoms with van der Waals surface area (Å²) in [5.41, 5.74) is -0.885. The van der Waals surface area contributed by atoms with Crippen LogP contribution in [0.25, 0.3) is 9.69 Å². The molecule has 0 spiro atoms. The lowest BCUT2D eigenvalue weighted by molar-refractivity contribution is -0.117. The van der Waals surface area contributed by atoms with Gasteiger partial charge in [0.15, 0.2) is 0 Å². The molecule has 1 fully saturated rings. The summed E-state index contributed by atoms with van der Waals surface area (Å²) in [7, 11) is 0. The smallest absolute Gasteiger partial charge is 0.215 e. The van der Waals surface area contributed by atoms with Crippen LogP contribution in [0.4, 0.5) is 0 Å². The van der Waals surface area contributed by atoms with Gasteiger partial charge in [-0.05, 0) is 38.5 Å². The number of nitriles is 4. The summed E-state index contributed by atoms with van der Waals surface area (Å²) in [4.78, 5) is 22.5. The van der Waals surface area contributed by atoms with Crippen LogP contribution in [0, 0.1) is 69.3 Å². The Labute approximate surface area is 216 Å². The second-order valence-corrected chi connectivity index (χ2v) is 9.31. The van der Waals surface area contributed by atoms with Crippen LogP contribution in [0.3, 0.4) is 0 Å². The molecule has 1 saturated carbocycles. The van der Waals surface area contributed by atoms with E-state index in [9.17, 15) is 4.79 Å². The molecule has 0 amide bonds. The fourth-order valence-corrected chi connectivity index (χ4v) is 4.39. The molecule has 8 nitrogen and oxygen atoms in total. The number of carbonyl (C=O) groups excluding carboxylic acids is 1. The third-order valence-corrected chi connectivity index (χ3v) is 6.77. The summed E-state index contributed by atoms with van der Waals surface area (Å²) in [5.74, 6) is 0. The lowest BCUT2D eigenvalue weighted by Gasteiger charge is -2.28. The molecule has 0 aliphatic heterocycles. The van der Waals surface area contributed by atoms with Crippen LogP contribution in [-0.4, -0.2) is 31.6 Å². The minimum Gasteiger partial charge on any atom is -0.317 e. The highest BCUT2D eigenvalue weighted by Crippen LogP contribution is 2.33. The van der Waals surface area contributed by atoms with Gasteiger partial charge in [0.2, 0.25) is 13.1 Å². The SMILES string of the molecule is [C-]#[N+]CCC(C=NC1CCCCC1)(CCC#N)CCC#N.[C-]#[N+]CCC(C=O)(CCC#N)CCC#N. The van der Waals surface area contributed by atoms with E-state index in [4.69, 9.17) is 39.2 Å². The number of rotatable bonds is 15. The highest BCUT2D eigenvalue weighted by atomic mass is 16.1. The van der Waals surface area contributed by atoms with Gasteiger partial charge in [-0.25, -0.2) is 13.1 Å². The van der Waals surface area contributed by atoms with Crippen LogP contribution in [0.15, 0.2) is 4.99 Å². The first-order valence-electron chi connectivity index (χ1n) is 12.7. The van der Waals surface area contributed by atoms with Crippen LogP contribution in [0.1, 0.15) is 96.3 Å². The van der Waals surface area contributed by atoms with E-state index >= 15 is 0 Å². The molecule has 0 heterocycles. The predicted molar refractivity (Wildman–Crippen MR) is 138 cm³/mol. The highest BCUT2D eigenvalue weighted by Gasteiger charge is 2.30. The zero-order valence-electron chi connectivity index (χ0n) is 21.3. The Balaban J connectivity index is 0.000000723. The maximum Gasteiger partial charge on any atom is 0.215 e. The molecular weight excluding hydrogens is 450 g/mol. The lowest BCUT2D eigenvalue weighted by atomic mass is 9.77. The van der Waals surface area contributed by atoms with Crippen molar-refractivity contribution in [2.45, 2.75) is 102 Å². The number of nitrogens with zero attached hydrogens (tertiary/aromatic N) is 7. The van der Waals surface area contributed by atoms with Crippen molar-refractivity contribution in [1.29, 1.82) is 21.0 Å². The van der Waals surface area contributed by atoms with E-state index in [0.717, 1.165) is 19.1 Å². The van der Waals surface area contributed by atoms with Gasteiger partial charge in [0, 0.05) is 61.6 Å². The van der Waals surface area contributed by atoms with Gasteiger partial charge in [-0.2, -0.15) is 21.0 Å². The molecule has 1 aliphatic carbocycles. The van der Waals surface area contributed by atoms with E-state index in [-0.39, 0.29) is 12.0 Å². The molecule has 0 radical (unpaired) electrons. The molecule has 36 heavy (non-hydrogen) atoms. The Kier molecular flexibility index (Phi) is 18.5. The van der Waals surface area contributed by atoms with Gasteiger partial charge in [0.1, 0.15) is 6.29 Å². The first-order valence-corrected chi connectivity index (χ1v) is 12.7. The van der Waals surface area contributed by atoms with Crippen molar-refractivity contribution < 1.29 is 4.79 Å². The van der Waals surface area contributed by atoms with Crippen molar-refractivity contribution in [1.82, 2.24) is 0 Å². The van der Waals surface area contributed by atoms with Crippen molar-refractivity contribution in [3.63, 3.8) is 0 Å². The number of hydrogen-bond donors (Lipinski definition) is 0. The van der Waals surface area contributed by atoms with Crippen molar-refractivity contribution in [3.8, 4) is 24.3 Å². The predicted octanol–water partition coefficient (Wildman–Crippen LogP) is 6.38. The van der Waals surface area contributed by atoms with E-state index in [1.54, 1.807) is 0 Å². The van der Waals surface area contributed by atoms with Gasteiger partial charge in [-0.3, -0.25) is 4.99 Å². The van der Waals surface area contributed by atoms with Crippen molar-refractivity contribution in [2.75, 3.05) is 13.1 Å². The second-order valence-electron chi connectivity index (χ2n) is 9.31. The second kappa shape index (κ2) is 20.6. The number of carbonyl (C=O) groups is 1. The summed E-state index contributed by atoms with van der Waals surface area (Å²) in [6.07, 6.45) is 13.9. The Morgan fingerprint density at radius 1 is 0.722 bits per heavy atom. The summed E-state index contributed by atoms with van der Waals surface area (Å²) < 4.78 is 0. The van der Waals surface area contributed by atoms with E-state index in [1.807, 2.05) is 18.4 Å². The maximum absolute atomic E-state index is 11.0. The fraction of sp³-hybridized carbons (Fsp3) is 0.714. The van der Waals surface area contributed by atoms with Crippen LogP contribution in [-0.2, 0) is 4.79 Å². The molecule has 0 atom stereocenters. The van der Waals surface area contributed by atoms with Crippen LogP contribution >= 0.6 is 0 Å². The minimum atomic E-state index is -0.643. The molecule has 0 N–H and O–H groups in total. The normalized spacial score (nSPS) is 13.5. The van der Waals surface area contributed by atoms with Gasteiger partial charge in [0.05, 0.1) is 24.3 Å². The largest absolute Gasteiger partial charge is 0.317 e. The van der Waals surface area contributed by atoms with Crippen LogP contribution < -0.4 is 0 Å². The highest BCUT2D eigenvalue weighted by molar-refractivity contribution is 5.66. The third kappa shape index (κ3) is 13.9. The first-order chi connectivity index (χ1) is 17.5. The molecule has 0 saturated heterocycles. The molecule has 0 aromatic heterocycles. The van der Waals surface area contributed by atoms with Gasteiger partial charge < -0.3 is 14.5 Å². The quantitative estimate of drug-likeness (QED) is 0.150. The molecular formula is C28H37N7O. The molecule has 0 bridgehead atoms. The topological polar surface area (TPSA) is 133 Å². The van der Waals surface area contributed by atoms with E-state index < -0.39 is 5.41 Å². The molecule has 8 heteroatoms. The lowest BCUT2D eigenvalue weighted by Crippen LogP contribution is -2.25. The number of aliphatic imine (C=N–C) groups is 1. The monoisotopic (exact) mass is 487 g/mol. The first kappa shape index (κ1) is 32.3. The summed E-state index contributed by atoms with van der Waals surface area (Å²) in [6, 6.07) is 8.76. The van der Waals surface area contributed by atoms with E-state index in [1.165, 1.54) is 19.3 Å². The summed E-state index contributed by atoms with van der Waals surface area (Å²) >= 11 is 0. The average Bonchev–Trinajstić information content (AvgIpc) is 2.93. The Morgan fingerprint density at radius 3 is 1.53 bits per heavy atom. The Morgan fingerprint density at radius 2 is 1.14 bits per heavy atom. The molecule has 0 unspecified atom stereocenters. The molecule has 1 aliphatic rings. The summed E-state index contributed by atoms with van der Waals surface area (Å²) in [6.45, 7) is 14.4. The molecule has 1 rings (SSSR count). The van der Waals surface area contributed by atoms with Gasteiger partial charge in [0.25, 0.3) is 0 Å². The zero-order valence-corrected chi connectivity index (χ0v) is 21.3. The maximum atomic E-state index is 11.0. The molecule has 0 aromatic rings. The van der Waals surface area contributed by atoms with E-state index in [0.29, 0.717) is 76.8 Å². The Hall–Kier alpha value is -3.72. The molecule has 0 aromatic carbocycles. The van der Waals surface area contributed by atoms with Crippen LogP contribution in [0.5, 0.6) is 0 Å². The number of aldehydes is 1. The van der Waals surface area contributed by atoms with E-state index in [2.05, 4.69) is 21.8 Å². The third-order valence-electron chi connectivity index (χ3n) is 6.77. The Bertz CT molecular complexity index is 817.